The maximum atomic E-state index is 13.0. The van der Waals surface area contributed by atoms with Crippen LogP contribution in [0.3, 0.4) is 0 Å². The van der Waals surface area contributed by atoms with E-state index in [2.05, 4.69) is 19.2 Å². The Morgan fingerprint density at radius 1 is 1.17 bits per heavy atom. The fourth-order valence-corrected chi connectivity index (χ4v) is 3.67. The van der Waals surface area contributed by atoms with Crippen molar-refractivity contribution in [3.63, 3.8) is 0 Å². The number of carbonyl (C=O) groups excluding carboxylic acids is 2. The number of nitrogens with one attached hydrogen (secondary N) is 1. The van der Waals surface area contributed by atoms with Gasteiger partial charge in [-0.3, -0.25) is 14.5 Å². The van der Waals surface area contributed by atoms with Crippen LogP contribution in [0, 0.1) is 5.92 Å². The Balaban J connectivity index is 1.81. The molecule has 1 aliphatic heterocycles. The van der Waals surface area contributed by atoms with Gasteiger partial charge in [0.2, 0.25) is 11.8 Å². The van der Waals surface area contributed by atoms with Gasteiger partial charge in [0, 0.05) is 5.56 Å². The lowest BCUT2D eigenvalue weighted by atomic mass is 9.96. The number of ether oxygens (including phenoxy) is 2. The molecule has 0 spiro atoms. The summed E-state index contributed by atoms with van der Waals surface area (Å²) < 4.78 is 11.4. The molecule has 0 fully saturated rings. The minimum atomic E-state index is -0.211. The summed E-state index contributed by atoms with van der Waals surface area (Å²) in [7, 11) is 0. The molecule has 6 heteroatoms. The molecule has 0 aromatic heterocycles. The highest BCUT2D eigenvalue weighted by Gasteiger charge is 2.27. The molecule has 0 bridgehead atoms. The Kier molecular flexibility index (Phi) is 7.33. The van der Waals surface area contributed by atoms with Gasteiger partial charge in [0.1, 0.15) is 18.0 Å². The third-order valence-electron chi connectivity index (χ3n) is 4.97. The predicted molar refractivity (Wildman–Crippen MR) is 117 cm³/mol. The number of rotatable bonds is 8. The number of fused-ring (bicyclic) bond motifs is 1. The third-order valence-corrected chi connectivity index (χ3v) is 4.97. The fourth-order valence-electron chi connectivity index (χ4n) is 3.67. The van der Waals surface area contributed by atoms with Crippen molar-refractivity contribution in [3.05, 3.63) is 54.1 Å². The summed E-state index contributed by atoms with van der Waals surface area (Å²) in [5.41, 5.74) is 1.58. The highest BCUT2D eigenvalue weighted by atomic mass is 16.5. The lowest BCUT2D eigenvalue weighted by Gasteiger charge is -2.26. The van der Waals surface area contributed by atoms with Crippen LogP contribution in [-0.4, -0.2) is 31.6 Å². The predicted octanol–water partition coefficient (Wildman–Crippen LogP) is 4.10. The van der Waals surface area contributed by atoms with Crippen LogP contribution >= 0.6 is 0 Å². The first-order valence-corrected chi connectivity index (χ1v) is 10.5. The average Bonchev–Trinajstić information content (AvgIpc) is 2.87. The molecule has 2 aromatic carbocycles. The summed E-state index contributed by atoms with van der Waals surface area (Å²) in [5, 5.41) is 3.13. The second-order valence-corrected chi connectivity index (χ2v) is 7.77. The van der Waals surface area contributed by atoms with Crippen molar-refractivity contribution in [2.24, 2.45) is 5.92 Å². The van der Waals surface area contributed by atoms with Crippen LogP contribution in [0.15, 0.2) is 48.5 Å². The Morgan fingerprint density at radius 2 is 1.90 bits per heavy atom. The summed E-state index contributed by atoms with van der Waals surface area (Å²) in [6, 6.07) is 14.9. The van der Waals surface area contributed by atoms with Gasteiger partial charge in [-0.25, -0.2) is 0 Å². The monoisotopic (exact) mass is 410 g/mol. The Hall–Kier alpha value is -3.02. The van der Waals surface area contributed by atoms with Gasteiger partial charge < -0.3 is 14.8 Å². The summed E-state index contributed by atoms with van der Waals surface area (Å²) in [6.45, 7) is 6.99. The van der Waals surface area contributed by atoms with Crippen LogP contribution < -0.4 is 19.7 Å². The van der Waals surface area contributed by atoms with Crippen LogP contribution in [0.5, 0.6) is 11.5 Å². The number of amides is 2. The van der Waals surface area contributed by atoms with Gasteiger partial charge in [0.25, 0.3) is 0 Å². The zero-order chi connectivity index (χ0) is 21.5. The number of hydrogen-bond donors (Lipinski definition) is 1. The van der Waals surface area contributed by atoms with Crippen molar-refractivity contribution in [2.75, 3.05) is 24.7 Å². The van der Waals surface area contributed by atoms with Gasteiger partial charge in [-0.15, -0.1) is 0 Å². The van der Waals surface area contributed by atoms with E-state index in [1.54, 1.807) is 0 Å². The molecule has 160 valence electrons. The molecule has 1 aliphatic rings. The molecule has 2 amide bonds. The molecule has 6 nitrogen and oxygen atoms in total. The number of hydrogen-bond acceptors (Lipinski definition) is 4. The minimum Gasteiger partial charge on any atom is -0.494 e. The molecule has 30 heavy (non-hydrogen) atoms. The lowest BCUT2D eigenvalue weighted by Crippen LogP contribution is -2.42. The Bertz CT molecular complexity index is 881. The van der Waals surface area contributed by atoms with Crippen LogP contribution in [0.25, 0.3) is 0 Å². The summed E-state index contributed by atoms with van der Waals surface area (Å²) in [6.07, 6.45) is 1.01. The maximum Gasteiger partial charge on any atom is 0.240 e. The minimum absolute atomic E-state index is 0.0510. The lowest BCUT2D eigenvalue weighted by molar-refractivity contribution is -0.124. The summed E-state index contributed by atoms with van der Waals surface area (Å²) in [5.74, 6) is 1.44. The van der Waals surface area contributed by atoms with E-state index in [-0.39, 0.29) is 30.8 Å². The molecule has 3 rings (SSSR count). The van der Waals surface area contributed by atoms with E-state index in [1.807, 2.05) is 55.5 Å². The van der Waals surface area contributed by atoms with Gasteiger partial charge >= 0.3 is 0 Å². The van der Waals surface area contributed by atoms with Crippen LogP contribution in [0.1, 0.15) is 45.2 Å². The van der Waals surface area contributed by atoms with Crippen LogP contribution in [0.4, 0.5) is 5.69 Å². The smallest absolute Gasteiger partial charge is 0.240 e. The third kappa shape index (κ3) is 5.32. The van der Waals surface area contributed by atoms with E-state index in [4.69, 9.17) is 9.47 Å². The van der Waals surface area contributed by atoms with Crippen LogP contribution in [0.2, 0.25) is 0 Å². The second kappa shape index (κ2) is 10.1. The maximum absolute atomic E-state index is 13.0. The van der Waals surface area contributed by atoms with Gasteiger partial charge in [0.15, 0.2) is 0 Å². The van der Waals surface area contributed by atoms with E-state index in [0.717, 1.165) is 17.7 Å². The first-order chi connectivity index (χ1) is 14.5. The van der Waals surface area contributed by atoms with E-state index in [0.29, 0.717) is 30.6 Å². The van der Waals surface area contributed by atoms with Crippen molar-refractivity contribution in [3.8, 4) is 11.5 Å². The molecule has 1 atom stereocenters. The number of anilines is 1. The summed E-state index contributed by atoms with van der Waals surface area (Å²) >= 11 is 0. The van der Waals surface area contributed by atoms with Crippen molar-refractivity contribution in [1.29, 1.82) is 0 Å². The quantitative estimate of drug-likeness (QED) is 0.711. The number of benzene rings is 2. The fraction of sp³-hybridized carbons (Fsp3) is 0.417. The normalized spacial score (nSPS) is 14.5. The zero-order valence-electron chi connectivity index (χ0n) is 17.9. The average molecular weight is 411 g/mol. The first kappa shape index (κ1) is 21.7. The molecule has 1 heterocycles. The molecule has 0 radical (unpaired) electrons. The highest BCUT2D eigenvalue weighted by molar-refractivity contribution is 6.00. The van der Waals surface area contributed by atoms with Crippen molar-refractivity contribution >= 4 is 17.5 Å². The van der Waals surface area contributed by atoms with Gasteiger partial charge in [-0.1, -0.05) is 44.2 Å². The van der Waals surface area contributed by atoms with E-state index in [1.165, 1.54) is 4.90 Å². The van der Waals surface area contributed by atoms with E-state index >= 15 is 0 Å². The molecule has 1 N–H and O–H groups in total. The van der Waals surface area contributed by atoms with E-state index in [9.17, 15) is 9.59 Å². The number of para-hydroxylation sites is 3. The summed E-state index contributed by atoms with van der Waals surface area (Å²) in [4.78, 5) is 27.2. The van der Waals surface area contributed by atoms with Gasteiger partial charge in [-0.05, 0) is 37.5 Å². The van der Waals surface area contributed by atoms with E-state index < -0.39 is 0 Å². The Morgan fingerprint density at radius 3 is 2.67 bits per heavy atom. The first-order valence-electron chi connectivity index (χ1n) is 10.5. The highest BCUT2D eigenvalue weighted by Crippen LogP contribution is 2.32. The molecule has 0 aliphatic carbocycles. The molecule has 2 aromatic rings. The van der Waals surface area contributed by atoms with Gasteiger partial charge in [0.05, 0.1) is 31.4 Å². The molecule has 0 saturated heterocycles. The second-order valence-electron chi connectivity index (χ2n) is 7.77. The van der Waals surface area contributed by atoms with Crippen molar-refractivity contribution < 1.29 is 19.1 Å². The standard InChI is InChI=1S/C24H30N2O4/c1-4-29-21-11-7-5-9-18(21)19(15-17(2)3)25-23(27)16-26-20-10-6-8-12-22(20)30-14-13-24(26)28/h5-12,17,19H,4,13-16H2,1-3H3,(H,25,27)/t19-/m1/s1. The molecular formula is C24H30N2O4. The van der Waals surface area contributed by atoms with Crippen molar-refractivity contribution in [2.45, 2.75) is 39.7 Å². The SMILES string of the molecule is CCOc1ccccc1[C@@H](CC(C)C)NC(=O)CN1C(=O)CCOc2ccccc21. The topological polar surface area (TPSA) is 67.9 Å². The Labute approximate surface area is 178 Å². The number of carbonyl (C=O) groups is 2. The van der Waals surface area contributed by atoms with Crippen molar-refractivity contribution in [1.82, 2.24) is 5.32 Å². The zero-order valence-corrected chi connectivity index (χ0v) is 17.9. The molecule has 0 unspecified atom stereocenters. The number of nitrogens with zero attached hydrogens (tertiary/aromatic N) is 1. The molecule has 0 saturated carbocycles. The molecular weight excluding hydrogens is 380 g/mol. The largest absolute Gasteiger partial charge is 0.494 e. The van der Waals surface area contributed by atoms with Gasteiger partial charge in [-0.2, -0.15) is 0 Å². The van der Waals surface area contributed by atoms with Crippen LogP contribution in [-0.2, 0) is 9.59 Å².